The summed E-state index contributed by atoms with van der Waals surface area (Å²) in [4.78, 5) is 0. The lowest BCUT2D eigenvalue weighted by molar-refractivity contribution is 0.0863. The molecule has 2 atom stereocenters. The van der Waals surface area contributed by atoms with Gasteiger partial charge in [-0.25, -0.2) is 0 Å². The highest BCUT2D eigenvalue weighted by Crippen LogP contribution is 2.29. The second kappa shape index (κ2) is 4.04. The van der Waals surface area contributed by atoms with Crippen molar-refractivity contribution in [2.24, 2.45) is 5.73 Å². The summed E-state index contributed by atoms with van der Waals surface area (Å²) in [5.41, 5.74) is 6.52. The number of ether oxygens (including phenoxy) is 1. The van der Waals surface area contributed by atoms with Gasteiger partial charge in [-0.15, -0.1) is 0 Å². The summed E-state index contributed by atoms with van der Waals surface area (Å²) < 4.78 is 5.61. The fourth-order valence-electron chi connectivity index (χ4n) is 2.70. The van der Waals surface area contributed by atoms with Crippen LogP contribution >= 0.6 is 0 Å². The maximum absolute atomic E-state index is 6.34. The number of nitrogens with two attached hydrogens (primary N) is 1. The zero-order valence-electron chi connectivity index (χ0n) is 10.0. The Balaban J connectivity index is 1.86. The molecule has 88 valence electrons. The van der Waals surface area contributed by atoms with Crippen LogP contribution in [0.2, 0.25) is 0 Å². The predicted molar refractivity (Wildman–Crippen MR) is 61.8 cm³/mol. The summed E-state index contributed by atoms with van der Waals surface area (Å²) in [5, 5.41) is 3.64. The first-order valence-corrected chi connectivity index (χ1v) is 6.20. The Kier molecular flexibility index (Phi) is 3.06. The molecule has 2 fully saturated rings. The van der Waals surface area contributed by atoms with Gasteiger partial charge >= 0.3 is 0 Å². The van der Waals surface area contributed by atoms with Gasteiger partial charge in [0.05, 0.1) is 6.10 Å². The van der Waals surface area contributed by atoms with Gasteiger partial charge in [0.2, 0.25) is 0 Å². The topological polar surface area (TPSA) is 47.3 Å². The fourth-order valence-corrected chi connectivity index (χ4v) is 2.70. The Morgan fingerprint density at radius 3 is 2.53 bits per heavy atom. The Hall–Kier alpha value is -0.120. The summed E-state index contributed by atoms with van der Waals surface area (Å²) in [5.74, 6) is 0. The third-order valence-corrected chi connectivity index (χ3v) is 4.33. The highest BCUT2D eigenvalue weighted by molar-refractivity contribution is 4.98. The molecule has 0 radical (unpaired) electrons. The van der Waals surface area contributed by atoms with Gasteiger partial charge < -0.3 is 15.8 Å². The monoisotopic (exact) mass is 212 g/mol. The number of hydrogen-bond acceptors (Lipinski definition) is 3. The predicted octanol–water partition coefficient (Wildman–Crippen LogP) is 1.41. The molecular weight excluding hydrogens is 188 g/mol. The van der Waals surface area contributed by atoms with E-state index in [2.05, 4.69) is 19.2 Å². The third kappa shape index (κ3) is 2.35. The molecule has 1 saturated carbocycles. The van der Waals surface area contributed by atoms with Gasteiger partial charge in [-0.3, -0.25) is 0 Å². The normalized spacial score (nSPS) is 39.8. The highest BCUT2D eigenvalue weighted by Gasteiger charge is 2.39. The molecule has 1 saturated heterocycles. The maximum atomic E-state index is 6.34. The first-order valence-electron chi connectivity index (χ1n) is 6.20. The molecule has 2 unspecified atom stereocenters. The molecule has 1 heterocycles. The zero-order chi connectivity index (χ0) is 10.9. The van der Waals surface area contributed by atoms with Gasteiger partial charge in [-0.1, -0.05) is 12.8 Å². The minimum absolute atomic E-state index is 0.0469. The molecule has 0 spiro atoms. The van der Waals surface area contributed by atoms with Crippen molar-refractivity contribution in [3.05, 3.63) is 0 Å². The molecule has 1 aliphatic carbocycles. The third-order valence-electron chi connectivity index (χ3n) is 4.33. The second-order valence-electron chi connectivity index (χ2n) is 5.60. The van der Waals surface area contributed by atoms with E-state index in [0.29, 0.717) is 6.10 Å². The number of hydrogen-bond donors (Lipinski definition) is 2. The van der Waals surface area contributed by atoms with E-state index >= 15 is 0 Å². The van der Waals surface area contributed by atoms with Crippen LogP contribution in [0, 0.1) is 0 Å². The molecule has 0 amide bonds. The quantitative estimate of drug-likeness (QED) is 0.743. The first kappa shape index (κ1) is 11.4. The highest BCUT2D eigenvalue weighted by atomic mass is 16.5. The summed E-state index contributed by atoms with van der Waals surface area (Å²) >= 11 is 0. The fraction of sp³-hybridized carbons (Fsp3) is 1.00. The van der Waals surface area contributed by atoms with Crippen LogP contribution in [0.4, 0.5) is 0 Å². The zero-order valence-corrected chi connectivity index (χ0v) is 10.0. The standard InChI is InChI=1S/C12H24N2O/c1-10-11(2,7-8-15-10)14-9-12(13)5-3-4-6-12/h10,14H,3-9,13H2,1-2H3. The Labute approximate surface area is 92.7 Å². The van der Waals surface area contributed by atoms with Crippen LogP contribution in [0.3, 0.4) is 0 Å². The van der Waals surface area contributed by atoms with Crippen LogP contribution in [-0.4, -0.2) is 30.3 Å². The molecule has 2 aliphatic rings. The summed E-state index contributed by atoms with van der Waals surface area (Å²) in [6, 6.07) is 0. The van der Waals surface area contributed by atoms with Crippen molar-refractivity contribution in [1.29, 1.82) is 0 Å². The summed E-state index contributed by atoms with van der Waals surface area (Å²) in [6.45, 7) is 6.22. The van der Waals surface area contributed by atoms with Gasteiger partial charge in [-0.05, 0) is 33.1 Å². The van der Waals surface area contributed by atoms with Crippen molar-refractivity contribution in [3.8, 4) is 0 Å². The SMILES string of the molecule is CC1OCCC1(C)NCC1(N)CCCC1. The Morgan fingerprint density at radius 2 is 2.00 bits per heavy atom. The Bertz CT molecular complexity index is 226. The molecule has 15 heavy (non-hydrogen) atoms. The molecule has 3 nitrogen and oxygen atoms in total. The molecule has 2 rings (SSSR count). The minimum atomic E-state index is 0.0469. The molecular formula is C12H24N2O. The largest absolute Gasteiger partial charge is 0.377 e. The molecule has 3 N–H and O–H groups in total. The number of nitrogens with one attached hydrogen (secondary N) is 1. The van der Waals surface area contributed by atoms with Gasteiger partial charge in [-0.2, -0.15) is 0 Å². The van der Waals surface area contributed by atoms with E-state index in [1.165, 1.54) is 25.7 Å². The summed E-state index contributed by atoms with van der Waals surface area (Å²) in [6.07, 6.45) is 6.34. The molecule has 0 aromatic rings. The summed E-state index contributed by atoms with van der Waals surface area (Å²) in [7, 11) is 0. The molecule has 0 aromatic carbocycles. The van der Waals surface area contributed by atoms with E-state index in [9.17, 15) is 0 Å². The molecule has 0 bridgehead atoms. The van der Waals surface area contributed by atoms with Crippen molar-refractivity contribution in [2.45, 2.75) is 63.1 Å². The van der Waals surface area contributed by atoms with Gasteiger partial charge in [0.15, 0.2) is 0 Å². The minimum Gasteiger partial charge on any atom is -0.377 e. The van der Waals surface area contributed by atoms with E-state index in [4.69, 9.17) is 10.5 Å². The lowest BCUT2D eigenvalue weighted by atomic mass is 9.91. The van der Waals surface area contributed by atoms with Crippen LogP contribution in [-0.2, 0) is 4.74 Å². The smallest absolute Gasteiger partial charge is 0.0726 e. The van der Waals surface area contributed by atoms with Crippen LogP contribution in [0.1, 0.15) is 46.0 Å². The van der Waals surface area contributed by atoms with Crippen LogP contribution in [0.15, 0.2) is 0 Å². The number of rotatable bonds is 3. The van der Waals surface area contributed by atoms with E-state index in [1.54, 1.807) is 0 Å². The van der Waals surface area contributed by atoms with Crippen molar-refractivity contribution in [3.63, 3.8) is 0 Å². The average molecular weight is 212 g/mol. The van der Waals surface area contributed by atoms with Gasteiger partial charge in [0, 0.05) is 24.2 Å². The lowest BCUT2D eigenvalue weighted by Crippen LogP contribution is -2.56. The average Bonchev–Trinajstić information content (AvgIpc) is 2.75. The van der Waals surface area contributed by atoms with E-state index < -0.39 is 0 Å². The molecule has 1 aliphatic heterocycles. The van der Waals surface area contributed by atoms with Gasteiger partial charge in [0.1, 0.15) is 0 Å². The van der Waals surface area contributed by atoms with Crippen LogP contribution in [0.25, 0.3) is 0 Å². The van der Waals surface area contributed by atoms with Crippen LogP contribution < -0.4 is 11.1 Å². The molecule has 0 aromatic heterocycles. The van der Waals surface area contributed by atoms with E-state index in [1.807, 2.05) is 0 Å². The van der Waals surface area contributed by atoms with Crippen molar-refractivity contribution < 1.29 is 4.74 Å². The van der Waals surface area contributed by atoms with E-state index in [0.717, 1.165) is 19.6 Å². The van der Waals surface area contributed by atoms with Crippen molar-refractivity contribution in [1.82, 2.24) is 5.32 Å². The van der Waals surface area contributed by atoms with Crippen LogP contribution in [0.5, 0.6) is 0 Å². The van der Waals surface area contributed by atoms with E-state index in [-0.39, 0.29) is 11.1 Å². The maximum Gasteiger partial charge on any atom is 0.0726 e. The molecule has 3 heteroatoms. The first-order chi connectivity index (χ1) is 7.04. The van der Waals surface area contributed by atoms with Crippen molar-refractivity contribution >= 4 is 0 Å². The second-order valence-corrected chi connectivity index (χ2v) is 5.60. The lowest BCUT2D eigenvalue weighted by Gasteiger charge is -2.34. The van der Waals surface area contributed by atoms with Crippen molar-refractivity contribution in [2.75, 3.05) is 13.2 Å². The Morgan fingerprint density at radius 1 is 1.33 bits per heavy atom. The van der Waals surface area contributed by atoms with Gasteiger partial charge in [0.25, 0.3) is 0 Å².